The molecule has 0 spiro atoms. The molecule has 1 saturated carbocycles. The van der Waals surface area contributed by atoms with Crippen LogP contribution in [0, 0.1) is 13.8 Å². The number of fused-ring (bicyclic) bond motifs is 1. The maximum Gasteiger partial charge on any atom is 0.320 e. The van der Waals surface area contributed by atoms with Gasteiger partial charge in [0.15, 0.2) is 0 Å². The van der Waals surface area contributed by atoms with Crippen LogP contribution in [0.25, 0.3) is 10.9 Å². The van der Waals surface area contributed by atoms with Gasteiger partial charge in [-0.15, -0.1) is 0 Å². The Morgan fingerprint density at radius 2 is 1.96 bits per heavy atom. The number of carbonyl (C=O) groups is 1. The van der Waals surface area contributed by atoms with E-state index in [2.05, 4.69) is 24.0 Å². The predicted octanol–water partition coefficient (Wildman–Crippen LogP) is 2.56. The van der Waals surface area contributed by atoms with E-state index in [0.717, 1.165) is 34.9 Å². The summed E-state index contributed by atoms with van der Waals surface area (Å²) in [5, 5.41) is 1.02. The van der Waals surface area contributed by atoms with Crippen LogP contribution < -0.4 is 5.56 Å². The standard InChI is InChI=1S/C20H25N3O3/c1-13-9-14(2)18-15(10-13)11-16(19(24)21-18)12-23(17-3-4-17)20(25)22-5-7-26-8-6-22/h9-11,17H,3-8,12H2,1-2H3,(H,21,24). The van der Waals surface area contributed by atoms with Crippen LogP contribution in [0.5, 0.6) is 0 Å². The minimum absolute atomic E-state index is 0.0238. The number of aromatic nitrogens is 1. The monoisotopic (exact) mass is 355 g/mol. The molecule has 0 bridgehead atoms. The van der Waals surface area contributed by atoms with Gasteiger partial charge in [-0.2, -0.15) is 0 Å². The first-order chi connectivity index (χ1) is 12.5. The predicted molar refractivity (Wildman–Crippen MR) is 100 cm³/mol. The van der Waals surface area contributed by atoms with Crippen molar-refractivity contribution in [2.24, 2.45) is 0 Å². The lowest BCUT2D eigenvalue weighted by molar-refractivity contribution is 0.0418. The molecule has 26 heavy (non-hydrogen) atoms. The van der Waals surface area contributed by atoms with Gasteiger partial charge in [0.05, 0.1) is 25.3 Å². The third kappa shape index (κ3) is 3.33. The number of H-pyrrole nitrogens is 1. The Balaban J connectivity index is 1.64. The van der Waals surface area contributed by atoms with Gasteiger partial charge in [-0.1, -0.05) is 11.6 Å². The van der Waals surface area contributed by atoms with Gasteiger partial charge in [-0.05, 0) is 49.8 Å². The number of amides is 2. The van der Waals surface area contributed by atoms with Crippen molar-refractivity contribution in [3.05, 3.63) is 45.2 Å². The van der Waals surface area contributed by atoms with E-state index in [-0.39, 0.29) is 17.6 Å². The highest BCUT2D eigenvalue weighted by atomic mass is 16.5. The Morgan fingerprint density at radius 1 is 1.23 bits per heavy atom. The molecule has 1 aromatic heterocycles. The van der Waals surface area contributed by atoms with E-state index < -0.39 is 0 Å². The van der Waals surface area contributed by atoms with Crippen molar-refractivity contribution in [1.29, 1.82) is 0 Å². The van der Waals surface area contributed by atoms with Gasteiger partial charge in [-0.3, -0.25) is 4.79 Å². The number of nitrogens with one attached hydrogen (secondary N) is 1. The lowest BCUT2D eigenvalue weighted by Crippen LogP contribution is -2.49. The van der Waals surface area contributed by atoms with E-state index >= 15 is 0 Å². The Kier molecular flexibility index (Phi) is 4.44. The number of urea groups is 1. The molecule has 0 radical (unpaired) electrons. The molecule has 0 unspecified atom stereocenters. The lowest BCUT2D eigenvalue weighted by atomic mass is 10.1. The average molecular weight is 355 g/mol. The van der Waals surface area contributed by atoms with Gasteiger partial charge in [0.1, 0.15) is 0 Å². The fraction of sp³-hybridized carbons (Fsp3) is 0.500. The molecule has 4 rings (SSSR count). The first-order valence-electron chi connectivity index (χ1n) is 9.29. The fourth-order valence-corrected chi connectivity index (χ4v) is 3.71. The number of hydrogen-bond acceptors (Lipinski definition) is 3. The van der Waals surface area contributed by atoms with Crippen LogP contribution in [0.15, 0.2) is 23.0 Å². The Hall–Kier alpha value is -2.34. The van der Waals surface area contributed by atoms with E-state index in [0.29, 0.717) is 38.4 Å². The third-order valence-corrected chi connectivity index (χ3v) is 5.23. The molecule has 1 N–H and O–H groups in total. The molecular weight excluding hydrogens is 330 g/mol. The van der Waals surface area contributed by atoms with Crippen LogP contribution in [0.2, 0.25) is 0 Å². The zero-order chi connectivity index (χ0) is 18.3. The van der Waals surface area contributed by atoms with Crippen molar-refractivity contribution in [1.82, 2.24) is 14.8 Å². The number of carbonyl (C=O) groups excluding carboxylic acids is 1. The molecule has 2 aliphatic rings. The number of ether oxygens (including phenoxy) is 1. The lowest BCUT2D eigenvalue weighted by Gasteiger charge is -2.33. The van der Waals surface area contributed by atoms with Crippen LogP contribution in [0.1, 0.15) is 29.5 Å². The Morgan fingerprint density at radius 3 is 2.65 bits per heavy atom. The molecule has 1 saturated heterocycles. The average Bonchev–Trinajstić information content (AvgIpc) is 3.46. The summed E-state index contributed by atoms with van der Waals surface area (Å²) in [7, 11) is 0. The van der Waals surface area contributed by atoms with E-state index in [9.17, 15) is 9.59 Å². The van der Waals surface area contributed by atoms with E-state index in [1.165, 1.54) is 0 Å². The first-order valence-corrected chi connectivity index (χ1v) is 9.29. The second-order valence-corrected chi connectivity index (χ2v) is 7.41. The molecule has 2 fully saturated rings. The molecule has 2 aromatic rings. The molecule has 0 atom stereocenters. The topological polar surface area (TPSA) is 65.6 Å². The number of nitrogens with zero attached hydrogens (tertiary/aromatic N) is 2. The van der Waals surface area contributed by atoms with Crippen LogP contribution in [-0.2, 0) is 11.3 Å². The van der Waals surface area contributed by atoms with Crippen molar-refractivity contribution in [2.75, 3.05) is 26.3 Å². The molecule has 1 aromatic carbocycles. The van der Waals surface area contributed by atoms with Gasteiger partial charge < -0.3 is 19.5 Å². The van der Waals surface area contributed by atoms with E-state index in [1.807, 2.05) is 22.8 Å². The summed E-state index contributed by atoms with van der Waals surface area (Å²) in [4.78, 5) is 32.3. The highest BCUT2D eigenvalue weighted by Gasteiger charge is 2.35. The SMILES string of the molecule is Cc1cc(C)c2[nH]c(=O)c(CN(C(=O)N3CCOCC3)C3CC3)cc2c1. The summed E-state index contributed by atoms with van der Waals surface area (Å²) < 4.78 is 5.35. The maximum absolute atomic E-state index is 13.0. The molecule has 6 heteroatoms. The van der Waals surface area contributed by atoms with Crippen molar-refractivity contribution in [3.8, 4) is 0 Å². The van der Waals surface area contributed by atoms with Crippen molar-refractivity contribution in [3.63, 3.8) is 0 Å². The van der Waals surface area contributed by atoms with Crippen molar-refractivity contribution < 1.29 is 9.53 Å². The summed E-state index contributed by atoms with van der Waals surface area (Å²) in [6.45, 7) is 6.82. The summed E-state index contributed by atoms with van der Waals surface area (Å²) in [5.74, 6) is 0. The normalized spacial score (nSPS) is 17.5. The van der Waals surface area contributed by atoms with Gasteiger partial charge in [-0.25, -0.2) is 4.79 Å². The minimum Gasteiger partial charge on any atom is -0.378 e. The summed E-state index contributed by atoms with van der Waals surface area (Å²) in [5.41, 5.74) is 3.64. The number of aryl methyl sites for hydroxylation is 2. The second-order valence-electron chi connectivity index (χ2n) is 7.41. The highest BCUT2D eigenvalue weighted by molar-refractivity contribution is 5.83. The number of hydrogen-bond donors (Lipinski definition) is 1. The minimum atomic E-state index is -0.107. The molecular formula is C20H25N3O3. The number of morpholine rings is 1. The van der Waals surface area contributed by atoms with Gasteiger partial charge in [0, 0.05) is 24.7 Å². The largest absolute Gasteiger partial charge is 0.378 e. The quantitative estimate of drug-likeness (QED) is 0.920. The zero-order valence-corrected chi connectivity index (χ0v) is 15.4. The van der Waals surface area contributed by atoms with Gasteiger partial charge in [0.25, 0.3) is 5.56 Å². The van der Waals surface area contributed by atoms with Crippen LogP contribution in [0.4, 0.5) is 4.79 Å². The molecule has 6 nitrogen and oxygen atoms in total. The number of aromatic amines is 1. The Bertz CT molecular complexity index is 895. The van der Waals surface area contributed by atoms with Gasteiger partial charge in [0.2, 0.25) is 0 Å². The van der Waals surface area contributed by atoms with Crippen molar-refractivity contribution >= 4 is 16.9 Å². The zero-order valence-electron chi connectivity index (χ0n) is 15.4. The molecule has 2 heterocycles. The number of rotatable bonds is 3. The maximum atomic E-state index is 13.0. The third-order valence-electron chi connectivity index (χ3n) is 5.23. The Labute approximate surface area is 152 Å². The first kappa shape index (κ1) is 17.1. The van der Waals surface area contributed by atoms with Crippen LogP contribution in [0.3, 0.4) is 0 Å². The molecule has 138 valence electrons. The second kappa shape index (κ2) is 6.76. The van der Waals surface area contributed by atoms with Crippen LogP contribution in [-0.4, -0.2) is 53.2 Å². The van der Waals surface area contributed by atoms with Crippen LogP contribution >= 0.6 is 0 Å². The summed E-state index contributed by atoms with van der Waals surface area (Å²) in [6, 6.07) is 6.36. The number of pyridine rings is 1. The summed E-state index contributed by atoms with van der Waals surface area (Å²) in [6.07, 6.45) is 2.03. The molecule has 1 aliphatic heterocycles. The van der Waals surface area contributed by atoms with E-state index in [1.54, 1.807) is 0 Å². The van der Waals surface area contributed by atoms with Crippen molar-refractivity contribution in [2.45, 2.75) is 39.3 Å². The van der Waals surface area contributed by atoms with E-state index in [4.69, 9.17) is 4.74 Å². The molecule has 1 aliphatic carbocycles. The van der Waals surface area contributed by atoms with Gasteiger partial charge >= 0.3 is 6.03 Å². The highest BCUT2D eigenvalue weighted by Crippen LogP contribution is 2.29. The summed E-state index contributed by atoms with van der Waals surface area (Å²) >= 11 is 0. The molecule has 2 amide bonds. The fourth-order valence-electron chi connectivity index (χ4n) is 3.71. The number of benzene rings is 1. The smallest absolute Gasteiger partial charge is 0.320 e.